The van der Waals surface area contributed by atoms with Crippen molar-refractivity contribution in [2.24, 2.45) is 4.99 Å². The van der Waals surface area contributed by atoms with Crippen LogP contribution in [0, 0.1) is 0 Å². The van der Waals surface area contributed by atoms with Crippen molar-refractivity contribution in [3.8, 4) is 0 Å². The third-order valence-corrected chi connectivity index (χ3v) is 4.52. The van der Waals surface area contributed by atoms with Gasteiger partial charge in [0.15, 0.2) is 0 Å². The molecule has 1 aromatic carbocycles. The van der Waals surface area contributed by atoms with Crippen LogP contribution in [-0.4, -0.2) is 22.4 Å². The highest BCUT2D eigenvalue weighted by Crippen LogP contribution is 2.19. The number of hydrogen-bond acceptors (Lipinski definition) is 1. The molecule has 0 fully saturated rings. The number of benzene rings is 1. The van der Waals surface area contributed by atoms with Gasteiger partial charge >= 0.3 is 0 Å². The van der Waals surface area contributed by atoms with E-state index in [1.807, 2.05) is 12.3 Å². The lowest BCUT2D eigenvalue weighted by molar-refractivity contribution is 0.758. The van der Waals surface area contributed by atoms with Crippen molar-refractivity contribution in [3.63, 3.8) is 0 Å². The second-order valence-corrected chi connectivity index (χ2v) is 6.24. The number of rotatable bonds is 5. The Morgan fingerprint density at radius 2 is 2.00 bits per heavy atom. The number of alkyl halides is 2. The molecule has 1 nitrogen and oxygen atoms in total. The van der Waals surface area contributed by atoms with E-state index in [4.69, 9.17) is 0 Å². The van der Waals surface area contributed by atoms with Crippen LogP contribution >= 0.6 is 31.9 Å². The molecule has 0 saturated carbocycles. The SMILES string of the molecule is CC(Br)(CBr)CN=CCc1ccccc1. The smallest absolute Gasteiger partial charge is 0.0544 e. The zero-order valence-corrected chi connectivity index (χ0v) is 12.0. The first-order valence-electron chi connectivity index (χ1n) is 4.91. The third kappa shape index (κ3) is 5.47. The van der Waals surface area contributed by atoms with Crippen molar-refractivity contribution in [1.29, 1.82) is 0 Å². The Balaban J connectivity index is 2.35. The fourth-order valence-electron chi connectivity index (χ4n) is 1.08. The molecule has 0 aliphatic rings. The van der Waals surface area contributed by atoms with Crippen LogP contribution in [0.4, 0.5) is 0 Å². The van der Waals surface area contributed by atoms with Crippen molar-refractivity contribution in [2.75, 3.05) is 11.9 Å². The molecule has 3 heteroatoms. The maximum Gasteiger partial charge on any atom is 0.0544 e. The standard InChI is InChI=1S/C12H15Br2N/c1-12(14,9-13)10-15-8-7-11-5-3-2-4-6-11/h2-6,8H,7,9-10H2,1H3. The van der Waals surface area contributed by atoms with Gasteiger partial charge in [0.25, 0.3) is 0 Å². The molecule has 0 amide bonds. The first-order chi connectivity index (χ1) is 7.14. The molecule has 0 aliphatic carbocycles. The van der Waals surface area contributed by atoms with Crippen molar-refractivity contribution < 1.29 is 0 Å². The summed E-state index contributed by atoms with van der Waals surface area (Å²) in [6.07, 6.45) is 2.89. The van der Waals surface area contributed by atoms with Gasteiger partial charge in [-0.05, 0) is 12.5 Å². The van der Waals surface area contributed by atoms with Gasteiger partial charge in [-0.3, -0.25) is 4.99 Å². The molecule has 0 spiro atoms. The van der Waals surface area contributed by atoms with Gasteiger partial charge in [-0.1, -0.05) is 62.2 Å². The molecular formula is C12H15Br2N. The monoisotopic (exact) mass is 331 g/mol. The average Bonchev–Trinajstić information content (AvgIpc) is 2.26. The second-order valence-electron chi connectivity index (χ2n) is 3.76. The molecule has 0 bridgehead atoms. The zero-order chi connectivity index (χ0) is 11.1. The van der Waals surface area contributed by atoms with Crippen LogP contribution < -0.4 is 0 Å². The summed E-state index contributed by atoms with van der Waals surface area (Å²) in [4.78, 5) is 4.41. The number of hydrogen-bond donors (Lipinski definition) is 0. The van der Waals surface area contributed by atoms with Crippen LogP contribution in [0.2, 0.25) is 0 Å². The van der Waals surface area contributed by atoms with Gasteiger partial charge in [0, 0.05) is 18.0 Å². The molecule has 0 aliphatic heterocycles. The minimum absolute atomic E-state index is 0.0696. The minimum Gasteiger partial charge on any atom is -0.296 e. The molecule has 1 rings (SSSR count). The summed E-state index contributed by atoms with van der Waals surface area (Å²) in [6, 6.07) is 10.4. The van der Waals surface area contributed by atoms with E-state index in [9.17, 15) is 0 Å². The largest absolute Gasteiger partial charge is 0.296 e. The zero-order valence-electron chi connectivity index (χ0n) is 8.79. The van der Waals surface area contributed by atoms with E-state index in [-0.39, 0.29) is 4.32 Å². The quantitative estimate of drug-likeness (QED) is 0.573. The highest BCUT2D eigenvalue weighted by molar-refractivity contribution is 9.12. The van der Waals surface area contributed by atoms with Gasteiger partial charge < -0.3 is 0 Å². The van der Waals surface area contributed by atoms with Gasteiger partial charge in [-0.25, -0.2) is 0 Å². The fraction of sp³-hybridized carbons (Fsp3) is 0.417. The molecule has 0 radical (unpaired) electrons. The van der Waals surface area contributed by atoms with Crippen LogP contribution in [0.25, 0.3) is 0 Å². The fourth-order valence-corrected chi connectivity index (χ4v) is 1.40. The lowest BCUT2D eigenvalue weighted by Gasteiger charge is -2.15. The summed E-state index contributed by atoms with van der Waals surface area (Å²) >= 11 is 7.05. The second kappa shape index (κ2) is 6.44. The first kappa shape index (κ1) is 12.9. The molecule has 82 valence electrons. The van der Waals surface area contributed by atoms with E-state index in [0.29, 0.717) is 0 Å². The van der Waals surface area contributed by atoms with E-state index in [2.05, 4.69) is 68.0 Å². The van der Waals surface area contributed by atoms with Crippen LogP contribution in [-0.2, 0) is 6.42 Å². The number of halogens is 2. The van der Waals surface area contributed by atoms with Crippen molar-refractivity contribution in [1.82, 2.24) is 0 Å². The molecule has 0 heterocycles. The van der Waals surface area contributed by atoms with Crippen LogP contribution in [0.3, 0.4) is 0 Å². The predicted octanol–water partition coefficient (Wildman–Crippen LogP) is 3.85. The van der Waals surface area contributed by atoms with Crippen molar-refractivity contribution in [2.45, 2.75) is 17.7 Å². The van der Waals surface area contributed by atoms with Gasteiger partial charge in [0.1, 0.15) is 0 Å². The molecule has 15 heavy (non-hydrogen) atoms. The Bertz CT molecular complexity index is 307. The molecule has 1 aromatic rings. The molecule has 0 aromatic heterocycles. The van der Waals surface area contributed by atoms with Crippen molar-refractivity contribution in [3.05, 3.63) is 35.9 Å². The molecule has 0 N–H and O–H groups in total. The maximum atomic E-state index is 4.41. The lowest BCUT2D eigenvalue weighted by Crippen LogP contribution is -2.21. The first-order valence-corrected chi connectivity index (χ1v) is 6.82. The Hall–Kier alpha value is -0.150. The van der Waals surface area contributed by atoms with E-state index in [1.165, 1.54) is 5.56 Å². The third-order valence-electron chi connectivity index (χ3n) is 2.00. The van der Waals surface area contributed by atoms with Gasteiger partial charge in [-0.15, -0.1) is 0 Å². The predicted molar refractivity (Wildman–Crippen MR) is 74.6 cm³/mol. The summed E-state index contributed by atoms with van der Waals surface area (Å²) in [5.74, 6) is 0. The summed E-state index contributed by atoms with van der Waals surface area (Å²) in [7, 11) is 0. The average molecular weight is 333 g/mol. The van der Waals surface area contributed by atoms with Crippen LogP contribution in [0.5, 0.6) is 0 Å². The highest BCUT2D eigenvalue weighted by Gasteiger charge is 2.16. The highest BCUT2D eigenvalue weighted by atomic mass is 79.9. The molecule has 1 atom stereocenters. The van der Waals surface area contributed by atoms with Gasteiger partial charge in [0.05, 0.1) is 10.9 Å². The Kier molecular flexibility index (Phi) is 5.54. The molecule has 0 saturated heterocycles. The number of aliphatic imine (C=N–C) groups is 1. The van der Waals surface area contributed by atoms with Gasteiger partial charge in [0.2, 0.25) is 0 Å². The van der Waals surface area contributed by atoms with E-state index in [1.54, 1.807) is 0 Å². The Morgan fingerprint density at radius 3 is 2.60 bits per heavy atom. The summed E-state index contributed by atoms with van der Waals surface area (Å²) in [5.41, 5.74) is 1.30. The molecular weight excluding hydrogens is 318 g/mol. The van der Waals surface area contributed by atoms with Crippen LogP contribution in [0.15, 0.2) is 35.3 Å². The van der Waals surface area contributed by atoms with Crippen LogP contribution in [0.1, 0.15) is 12.5 Å². The number of nitrogens with zero attached hydrogens (tertiary/aromatic N) is 1. The normalized spacial score (nSPS) is 15.4. The van der Waals surface area contributed by atoms with E-state index < -0.39 is 0 Å². The minimum atomic E-state index is 0.0696. The van der Waals surface area contributed by atoms with E-state index >= 15 is 0 Å². The topological polar surface area (TPSA) is 12.4 Å². The summed E-state index contributed by atoms with van der Waals surface area (Å²) in [6.45, 7) is 2.92. The van der Waals surface area contributed by atoms with Gasteiger partial charge in [-0.2, -0.15) is 0 Å². The summed E-state index contributed by atoms with van der Waals surface area (Å²) in [5, 5.41) is 0.905. The Labute approximate surface area is 108 Å². The lowest BCUT2D eigenvalue weighted by atomic mass is 10.2. The van der Waals surface area contributed by atoms with Crippen molar-refractivity contribution >= 4 is 38.1 Å². The summed E-state index contributed by atoms with van der Waals surface area (Å²) < 4.78 is 0.0696. The molecule has 1 unspecified atom stereocenters. The maximum absolute atomic E-state index is 4.41. The Morgan fingerprint density at radius 1 is 1.33 bits per heavy atom. The van der Waals surface area contributed by atoms with E-state index in [0.717, 1.165) is 18.3 Å².